The predicted octanol–water partition coefficient (Wildman–Crippen LogP) is 4.81. The fraction of sp³-hybridized carbons (Fsp3) is 0.259. The first kappa shape index (κ1) is 23.2. The summed E-state index contributed by atoms with van der Waals surface area (Å²) >= 11 is 0. The minimum absolute atomic E-state index is 0.208. The molecule has 4 rings (SSSR count). The number of methoxy groups -OCH3 is 1. The van der Waals surface area contributed by atoms with Gasteiger partial charge in [-0.15, -0.1) is 6.58 Å². The van der Waals surface area contributed by atoms with Crippen LogP contribution in [0.3, 0.4) is 0 Å². The van der Waals surface area contributed by atoms with Crippen LogP contribution in [0.4, 0.5) is 0 Å². The Morgan fingerprint density at radius 2 is 2.06 bits per heavy atom. The van der Waals surface area contributed by atoms with Crippen molar-refractivity contribution in [3.05, 3.63) is 90.7 Å². The van der Waals surface area contributed by atoms with E-state index in [0.29, 0.717) is 37.0 Å². The van der Waals surface area contributed by atoms with Crippen molar-refractivity contribution in [2.24, 2.45) is 0 Å². The van der Waals surface area contributed by atoms with Gasteiger partial charge in [-0.25, -0.2) is 4.98 Å². The summed E-state index contributed by atoms with van der Waals surface area (Å²) in [5.41, 5.74) is 3.14. The van der Waals surface area contributed by atoms with Gasteiger partial charge in [-0.1, -0.05) is 24.3 Å². The van der Waals surface area contributed by atoms with E-state index in [4.69, 9.17) is 18.9 Å². The van der Waals surface area contributed by atoms with Gasteiger partial charge in [-0.3, -0.25) is 4.79 Å². The molecular formula is C27H29N3O4. The number of fused-ring (bicyclic) bond motifs is 1. The molecule has 0 unspecified atom stereocenters. The number of hydrogen-bond donors (Lipinski definition) is 1. The smallest absolute Gasteiger partial charge is 0.286 e. The maximum atomic E-state index is 12.1. The normalized spacial score (nSPS) is 10.9. The highest BCUT2D eigenvalue weighted by atomic mass is 16.5. The van der Waals surface area contributed by atoms with Crippen molar-refractivity contribution in [1.82, 2.24) is 14.9 Å². The molecule has 7 nitrogen and oxygen atoms in total. The molecule has 2 aromatic carbocycles. The van der Waals surface area contributed by atoms with Crippen molar-refractivity contribution in [2.75, 3.05) is 20.3 Å². The Balaban J connectivity index is 1.39. The Bertz CT molecular complexity index is 1240. The van der Waals surface area contributed by atoms with Crippen LogP contribution in [0.25, 0.3) is 11.0 Å². The van der Waals surface area contributed by atoms with E-state index in [2.05, 4.69) is 22.5 Å². The number of para-hydroxylation sites is 2. The molecule has 0 aliphatic heterocycles. The van der Waals surface area contributed by atoms with Gasteiger partial charge in [-0.05, 0) is 54.8 Å². The largest absolute Gasteiger partial charge is 0.493 e. The molecule has 0 atom stereocenters. The topological polar surface area (TPSA) is 78.5 Å². The van der Waals surface area contributed by atoms with Gasteiger partial charge >= 0.3 is 0 Å². The number of aromatic nitrogens is 2. The Morgan fingerprint density at radius 1 is 1.18 bits per heavy atom. The second-order valence-electron chi connectivity index (χ2n) is 7.83. The van der Waals surface area contributed by atoms with Gasteiger partial charge < -0.3 is 23.8 Å². The van der Waals surface area contributed by atoms with Crippen LogP contribution in [0.15, 0.2) is 77.9 Å². The second kappa shape index (κ2) is 11.2. The number of nitrogens with one attached hydrogen (secondary N) is 1. The van der Waals surface area contributed by atoms with Crippen molar-refractivity contribution in [2.45, 2.75) is 25.8 Å². The van der Waals surface area contributed by atoms with Crippen molar-refractivity contribution < 1.29 is 18.7 Å². The van der Waals surface area contributed by atoms with E-state index in [1.807, 2.05) is 42.5 Å². The number of aryl methyl sites for hydroxylation is 1. The minimum atomic E-state index is -0.208. The third-order valence-electron chi connectivity index (χ3n) is 5.52. The van der Waals surface area contributed by atoms with Gasteiger partial charge in [0.1, 0.15) is 12.4 Å². The Hall–Kier alpha value is -4.00. The predicted molar refractivity (Wildman–Crippen MR) is 131 cm³/mol. The number of carbonyl (C=O) groups excluding carboxylic acids is 1. The molecular weight excluding hydrogens is 430 g/mol. The summed E-state index contributed by atoms with van der Waals surface area (Å²) < 4.78 is 18.9. The maximum absolute atomic E-state index is 12.1. The molecule has 0 aliphatic rings. The van der Waals surface area contributed by atoms with E-state index in [9.17, 15) is 4.79 Å². The number of imidazole rings is 1. The van der Waals surface area contributed by atoms with Crippen LogP contribution in [-0.2, 0) is 19.4 Å². The van der Waals surface area contributed by atoms with Crippen molar-refractivity contribution in [1.29, 1.82) is 0 Å². The molecule has 0 fully saturated rings. The number of amides is 1. The summed E-state index contributed by atoms with van der Waals surface area (Å²) in [6.07, 6.45) is 5.62. The van der Waals surface area contributed by atoms with Gasteiger partial charge in [0.2, 0.25) is 0 Å². The molecule has 2 heterocycles. The summed E-state index contributed by atoms with van der Waals surface area (Å²) in [7, 11) is 1.64. The zero-order valence-electron chi connectivity index (χ0n) is 19.3. The van der Waals surface area contributed by atoms with Gasteiger partial charge in [-0.2, -0.15) is 0 Å². The van der Waals surface area contributed by atoms with Gasteiger partial charge in [0.05, 0.1) is 31.0 Å². The lowest BCUT2D eigenvalue weighted by molar-refractivity contribution is 0.0925. The van der Waals surface area contributed by atoms with Crippen molar-refractivity contribution in [3.8, 4) is 11.5 Å². The zero-order valence-corrected chi connectivity index (χ0v) is 19.3. The molecule has 0 aliphatic carbocycles. The highest BCUT2D eigenvalue weighted by Gasteiger charge is 2.12. The molecule has 0 saturated heterocycles. The number of hydrogen-bond acceptors (Lipinski definition) is 5. The highest BCUT2D eigenvalue weighted by Crippen LogP contribution is 2.28. The first-order valence-electron chi connectivity index (χ1n) is 11.4. The number of carbonyl (C=O) groups is 1. The average molecular weight is 460 g/mol. The van der Waals surface area contributed by atoms with Crippen LogP contribution >= 0.6 is 0 Å². The van der Waals surface area contributed by atoms with E-state index >= 15 is 0 Å². The molecule has 2 aromatic heterocycles. The van der Waals surface area contributed by atoms with E-state index in [1.165, 1.54) is 6.26 Å². The van der Waals surface area contributed by atoms with E-state index in [1.54, 1.807) is 19.2 Å². The molecule has 4 aromatic rings. The van der Waals surface area contributed by atoms with Crippen LogP contribution in [-0.4, -0.2) is 35.7 Å². The van der Waals surface area contributed by atoms with Crippen LogP contribution < -0.4 is 14.8 Å². The van der Waals surface area contributed by atoms with E-state index in [-0.39, 0.29) is 5.91 Å². The summed E-state index contributed by atoms with van der Waals surface area (Å²) in [6.45, 7) is 5.44. The molecule has 1 amide bonds. The molecule has 176 valence electrons. The van der Waals surface area contributed by atoms with Crippen molar-refractivity contribution >= 4 is 16.9 Å². The monoisotopic (exact) mass is 459 g/mol. The third-order valence-corrected chi connectivity index (χ3v) is 5.52. The fourth-order valence-corrected chi connectivity index (χ4v) is 3.88. The third kappa shape index (κ3) is 5.49. The average Bonchev–Trinajstić information content (AvgIpc) is 3.51. The molecule has 0 saturated carbocycles. The molecule has 0 radical (unpaired) electrons. The number of furan rings is 1. The highest BCUT2D eigenvalue weighted by molar-refractivity contribution is 5.91. The van der Waals surface area contributed by atoms with Gasteiger partial charge in [0, 0.05) is 13.0 Å². The Kier molecular flexibility index (Phi) is 7.65. The summed E-state index contributed by atoms with van der Waals surface area (Å²) in [5.74, 6) is 2.49. The summed E-state index contributed by atoms with van der Waals surface area (Å²) in [5, 5.41) is 2.88. The summed E-state index contributed by atoms with van der Waals surface area (Å²) in [4.78, 5) is 16.9. The fourth-order valence-electron chi connectivity index (χ4n) is 3.88. The zero-order chi connectivity index (χ0) is 23.8. The number of benzene rings is 2. The second-order valence-corrected chi connectivity index (χ2v) is 7.83. The SMILES string of the molecule is C=CCc1ccc(OCCn2c(CCCNC(=O)c3ccco3)nc3ccccc32)c(OC)c1. The minimum Gasteiger partial charge on any atom is -0.493 e. The Morgan fingerprint density at radius 3 is 2.85 bits per heavy atom. The number of rotatable bonds is 12. The van der Waals surface area contributed by atoms with Crippen LogP contribution in [0.1, 0.15) is 28.4 Å². The van der Waals surface area contributed by atoms with Crippen molar-refractivity contribution in [3.63, 3.8) is 0 Å². The van der Waals surface area contributed by atoms with Crippen LogP contribution in [0.2, 0.25) is 0 Å². The molecule has 1 N–H and O–H groups in total. The maximum Gasteiger partial charge on any atom is 0.286 e. The standard InChI is InChI=1S/C27H29N3O4/c1-3-8-20-13-14-23(25(19-20)32-2)34-18-16-30-22-10-5-4-9-21(22)29-26(30)12-6-15-28-27(31)24-11-7-17-33-24/h3-5,7,9-11,13-14,17,19H,1,6,8,12,15-16,18H2,2H3,(H,28,31). The van der Waals surface area contributed by atoms with Gasteiger partial charge in [0.15, 0.2) is 17.3 Å². The molecule has 7 heteroatoms. The quantitative estimate of drug-likeness (QED) is 0.243. The molecule has 0 spiro atoms. The van der Waals surface area contributed by atoms with E-state index < -0.39 is 0 Å². The van der Waals surface area contributed by atoms with Crippen LogP contribution in [0.5, 0.6) is 11.5 Å². The first-order valence-corrected chi connectivity index (χ1v) is 11.4. The van der Waals surface area contributed by atoms with E-state index in [0.717, 1.165) is 41.7 Å². The lowest BCUT2D eigenvalue weighted by Gasteiger charge is -2.14. The molecule has 34 heavy (non-hydrogen) atoms. The molecule has 0 bridgehead atoms. The Labute approximate surface area is 199 Å². The van der Waals surface area contributed by atoms with Crippen LogP contribution in [0, 0.1) is 0 Å². The van der Waals surface area contributed by atoms with Gasteiger partial charge in [0.25, 0.3) is 5.91 Å². The first-order chi connectivity index (χ1) is 16.7. The number of ether oxygens (including phenoxy) is 2. The lowest BCUT2D eigenvalue weighted by Crippen LogP contribution is -2.24. The summed E-state index contributed by atoms with van der Waals surface area (Å²) in [6, 6.07) is 17.4. The lowest BCUT2D eigenvalue weighted by atomic mass is 10.1. The number of nitrogens with zero attached hydrogens (tertiary/aromatic N) is 2. The number of allylic oxidation sites excluding steroid dienone is 1.